The number of nitrogens with one attached hydrogen (secondary N) is 2. The minimum Gasteiger partial charge on any atom is -0.361 e. The smallest absolute Gasteiger partial charge is 0.219 e. The van der Waals surface area contributed by atoms with Gasteiger partial charge in [0.25, 0.3) is 0 Å². The van der Waals surface area contributed by atoms with Gasteiger partial charge in [-0.05, 0) is 37.2 Å². The summed E-state index contributed by atoms with van der Waals surface area (Å²) in [6.07, 6.45) is 7.81. The molecule has 0 fully saturated rings. The van der Waals surface area contributed by atoms with Crippen LogP contribution < -0.4 is 4.90 Å². The van der Waals surface area contributed by atoms with Crippen LogP contribution in [0.4, 0.5) is 11.5 Å². The second kappa shape index (κ2) is 5.98. The monoisotopic (exact) mass is 321 g/mol. The first-order valence-corrected chi connectivity index (χ1v) is 7.99. The van der Waals surface area contributed by atoms with Gasteiger partial charge >= 0.3 is 0 Å². The molecule has 4 rings (SSSR count). The van der Waals surface area contributed by atoms with Crippen molar-refractivity contribution in [3.63, 3.8) is 0 Å². The number of aromatic nitrogens is 3. The van der Waals surface area contributed by atoms with Crippen LogP contribution in [-0.4, -0.2) is 46.6 Å². The van der Waals surface area contributed by atoms with Gasteiger partial charge in [-0.25, -0.2) is 0 Å². The lowest BCUT2D eigenvalue weighted by Gasteiger charge is -2.22. The zero-order chi connectivity index (χ0) is 16.5. The molecule has 1 amide bonds. The first-order valence-electron chi connectivity index (χ1n) is 7.99. The quantitative estimate of drug-likeness (QED) is 0.726. The maximum atomic E-state index is 11.6. The van der Waals surface area contributed by atoms with E-state index in [0.717, 1.165) is 42.5 Å². The first kappa shape index (κ1) is 14.7. The molecule has 0 radical (unpaired) electrons. The molecule has 1 aromatic carbocycles. The normalized spacial score (nSPS) is 15.5. The lowest BCUT2D eigenvalue weighted by molar-refractivity contribution is -0.106. The SMILES string of the molecule is CN1CC=C(c2c[nH]c3ccc(N(C=O)c4ccn[nH]4)cc23)CC1. The molecule has 3 heterocycles. The average molecular weight is 321 g/mol. The third-order valence-electron chi connectivity index (χ3n) is 4.55. The number of hydrogen-bond donors (Lipinski definition) is 2. The number of aromatic amines is 2. The minimum atomic E-state index is 0.653. The maximum Gasteiger partial charge on any atom is 0.219 e. The number of anilines is 2. The van der Waals surface area contributed by atoms with Crippen LogP contribution in [0, 0.1) is 0 Å². The summed E-state index contributed by atoms with van der Waals surface area (Å²) in [7, 11) is 2.13. The molecule has 0 aliphatic carbocycles. The summed E-state index contributed by atoms with van der Waals surface area (Å²) in [4.78, 5) is 18.8. The fourth-order valence-corrected chi connectivity index (χ4v) is 3.18. The summed E-state index contributed by atoms with van der Waals surface area (Å²) in [5.41, 5.74) is 4.46. The van der Waals surface area contributed by atoms with Crippen molar-refractivity contribution in [3.8, 4) is 0 Å². The Labute approximate surface area is 139 Å². The van der Waals surface area contributed by atoms with Gasteiger partial charge in [0.15, 0.2) is 0 Å². The summed E-state index contributed by atoms with van der Waals surface area (Å²) in [5.74, 6) is 0.653. The van der Waals surface area contributed by atoms with Gasteiger partial charge in [0.2, 0.25) is 6.41 Å². The van der Waals surface area contributed by atoms with E-state index in [1.165, 1.54) is 11.1 Å². The second-order valence-electron chi connectivity index (χ2n) is 6.09. The highest BCUT2D eigenvalue weighted by molar-refractivity contribution is 5.97. The molecular weight excluding hydrogens is 302 g/mol. The van der Waals surface area contributed by atoms with Crippen molar-refractivity contribution in [2.45, 2.75) is 6.42 Å². The molecule has 0 spiro atoms. The van der Waals surface area contributed by atoms with Crippen molar-refractivity contribution < 1.29 is 4.79 Å². The number of H-pyrrole nitrogens is 2. The van der Waals surface area contributed by atoms with Crippen LogP contribution in [0.15, 0.2) is 42.7 Å². The molecule has 6 nitrogen and oxygen atoms in total. The number of nitrogens with zero attached hydrogens (tertiary/aromatic N) is 3. The molecule has 0 unspecified atom stereocenters. The van der Waals surface area contributed by atoms with Crippen molar-refractivity contribution in [3.05, 3.63) is 48.3 Å². The molecule has 0 atom stereocenters. The molecule has 2 N–H and O–H groups in total. The Morgan fingerprint density at radius 1 is 1.33 bits per heavy atom. The molecule has 0 bridgehead atoms. The van der Waals surface area contributed by atoms with Crippen molar-refractivity contribution in [2.75, 3.05) is 25.0 Å². The summed E-state index contributed by atoms with van der Waals surface area (Å²) in [6.45, 7) is 2.03. The fourth-order valence-electron chi connectivity index (χ4n) is 3.18. The standard InChI is InChI=1S/C18H19N5O/c1-22-8-5-13(6-9-22)16-11-19-17-3-2-14(10-15(16)17)23(12-24)18-4-7-20-21-18/h2-5,7,10-12,19H,6,8-9H2,1H3,(H,20,21). The predicted molar refractivity (Wildman–Crippen MR) is 95.2 cm³/mol. The third-order valence-corrected chi connectivity index (χ3v) is 4.55. The zero-order valence-electron chi connectivity index (χ0n) is 13.5. The number of carbonyl (C=O) groups excluding carboxylic acids is 1. The lowest BCUT2D eigenvalue weighted by atomic mass is 9.99. The van der Waals surface area contributed by atoms with E-state index in [1.807, 2.05) is 12.1 Å². The van der Waals surface area contributed by atoms with Gasteiger partial charge in [-0.3, -0.25) is 14.8 Å². The van der Waals surface area contributed by atoms with Crippen molar-refractivity contribution in [1.29, 1.82) is 0 Å². The number of benzene rings is 1. The van der Waals surface area contributed by atoms with Gasteiger partial charge in [-0.1, -0.05) is 6.08 Å². The summed E-state index contributed by atoms with van der Waals surface area (Å²) in [5, 5.41) is 7.89. The molecule has 2 aromatic heterocycles. The van der Waals surface area contributed by atoms with E-state index in [4.69, 9.17) is 0 Å². The summed E-state index contributed by atoms with van der Waals surface area (Å²) >= 11 is 0. The first-order chi connectivity index (χ1) is 11.8. The molecule has 3 aromatic rings. The van der Waals surface area contributed by atoms with Gasteiger partial charge in [-0.2, -0.15) is 5.10 Å². The van der Waals surface area contributed by atoms with Crippen LogP contribution in [0.5, 0.6) is 0 Å². The number of likely N-dealkylation sites (N-methyl/N-ethyl adjacent to an activating group) is 1. The van der Waals surface area contributed by atoms with E-state index in [2.05, 4.69) is 45.5 Å². The van der Waals surface area contributed by atoms with E-state index in [1.54, 1.807) is 17.2 Å². The van der Waals surface area contributed by atoms with E-state index >= 15 is 0 Å². The van der Waals surface area contributed by atoms with Crippen LogP contribution >= 0.6 is 0 Å². The van der Waals surface area contributed by atoms with E-state index in [-0.39, 0.29) is 0 Å². The van der Waals surface area contributed by atoms with Gasteiger partial charge in [0.05, 0.1) is 11.9 Å². The van der Waals surface area contributed by atoms with Crippen molar-refractivity contribution in [1.82, 2.24) is 20.1 Å². The number of hydrogen-bond acceptors (Lipinski definition) is 3. The Morgan fingerprint density at radius 3 is 2.96 bits per heavy atom. The number of fused-ring (bicyclic) bond motifs is 1. The highest BCUT2D eigenvalue weighted by Gasteiger charge is 2.16. The lowest BCUT2D eigenvalue weighted by Crippen LogP contribution is -2.23. The summed E-state index contributed by atoms with van der Waals surface area (Å²) in [6, 6.07) is 7.77. The van der Waals surface area contributed by atoms with Crippen LogP contribution in [0.25, 0.3) is 16.5 Å². The fraction of sp³-hybridized carbons (Fsp3) is 0.222. The van der Waals surface area contributed by atoms with Gasteiger partial charge < -0.3 is 9.88 Å². The van der Waals surface area contributed by atoms with E-state index < -0.39 is 0 Å². The van der Waals surface area contributed by atoms with Gasteiger partial charge in [0.1, 0.15) is 5.82 Å². The van der Waals surface area contributed by atoms with Gasteiger partial charge in [0, 0.05) is 41.8 Å². The number of rotatable bonds is 4. The maximum absolute atomic E-state index is 11.6. The van der Waals surface area contributed by atoms with Crippen LogP contribution in [0.2, 0.25) is 0 Å². The largest absolute Gasteiger partial charge is 0.361 e. The Hall–Kier alpha value is -2.86. The minimum absolute atomic E-state index is 0.653. The molecule has 0 saturated carbocycles. The van der Waals surface area contributed by atoms with Crippen LogP contribution in [0.1, 0.15) is 12.0 Å². The Bertz CT molecular complexity index is 893. The molecule has 24 heavy (non-hydrogen) atoms. The van der Waals surface area contributed by atoms with Crippen molar-refractivity contribution in [2.24, 2.45) is 0 Å². The van der Waals surface area contributed by atoms with Crippen molar-refractivity contribution >= 4 is 34.4 Å². The summed E-state index contributed by atoms with van der Waals surface area (Å²) < 4.78 is 0. The third kappa shape index (κ3) is 2.51. The van der Waals surface area contributed by atoms with E-state index in [0.29, 0.717) is 5.82 Å². The molecular formula is C18H19N5O. The molecule has 1 aliphatic rings. The molecule has 6 heteroatoms. The highest BCUT2D eigenvalue weighted by atomic mass is 16.1. The number of carbonyl (C=O) groups is 1. The van der Waals surface area contributed by atoms with Gasteiger partial charge in [-0.15, -0.1) is 0 Å². The Morgan fingerprint density at radius 2 is 2.25 bits per heavy atom. The predicted octanol–water partition coefficient (Wildman–Crippen LogP) is 2.90. The zero-order valence-corrected chi connectivity index (χ0v) is 13.5. The van der Waals surface area contributed by atoms with Crippen LogP contribution in [-0.2, 0) is 4.79 Å². The highest BCUT2D eigenvalue weighted by Crippen LogP contribution is 2.32. The van der Waals surface area contributed by atoms with Crippen LogP contribution in [0.3, 0.4) is 0 Å². The Kier molecular flexibility index (Phi) is 3.66. The Balaban J connectivity index is 1.77. The molecule has 0 saturated heterocycles. The molecule has 1 aliphatic heterocycles. The topological polar surface area (TPSA) is 68.0 Å². The average Bonchev–Trinajstić information content (AvgIpc) is 3.26. The molecule has 122 valence electrons. The van der Waals surface area contributed by atoms with E-state index in [9.17, 15) is 4.79 Å². The second-order valence-corrected chi connectivity index (χ2v) is 6.09. The number of amides is 1.